The van der Waals surface area contributed by atoms with Crippen molar-refractivity contribution in [2.75, 3.05) is 5.32 Å². The Hall–Kier alpha value is -2.87. The first kappa shape index (κ1) is 23.8. The van der Waals surface area contributed by atoms with Crippen molar-refractivity contribution in [3.8, 4) is 11.8 Å². The highest BCUT2D eigenvalue weighted by Gasteiger charge is 2.23. The van der Waals surface area contributed by atoms with Crippen LogP contribution >= 0.6 is 11.6 Å². The Labute approximate surface area is 195 Å². The Morgan fingerprint density at radius 3 is 2.19 bits per heavy atom. The van der Waals surface area contributed by atoms with Crippen LogP contribution in [-0.2, 0) is 5.41 Å². The van der Waals surface area contributed by atoms with E-state index in [0.717, 1.165) is 28.1 Å². The number of hydrogen-bond acceptors (Lipinski definition) is 4. The monoisotopic (exact) mass is 451 g/mol. The van der Waals surface area contributed by atoms with Gasteiger partial charge in [0, 0.05) is 5.69 Å². The Morgan fingerprint density at radius 1 is 0.969 bits per heavy atom. The molecule has 0 saturated heterocycles. The summed E-state index contributed by atoms with van der Waals surface area (Å²) in [5, 5.41) is 34.3. The summed E-state index contributed by atoms with van der Waals surface area (Å²) in [6.07, 6.45) is -1.44. The molecular weight excluding hydrogens is 422 g/mol. The van der Waals surface area contributed by atoms with Gasteiger partial charge in [-0.2, -0.15) is 0 Å². The standard InChI is InChI=1S/C27H30ClNO3/c1-15-13-18(21-11-12-23(30)26(32)25(31)17(3)16(21)2)14-22(24(15)28)29-20-9-7-19(8-10-20)27(4,5)6/h7-10,13-14,21,23,29-32H,1-6H3/b17-16-,26-25-. The van der Waals surface area contributed by atoms with Gasteiger partial charge in [0.1, 0.15) is 0 Å². The highest BCUT2D eigenvalue weighted by atomic mass is 35.5. The Morgan fingerprint density at radius 2 is 1.59 bits per heavy atom. The van der Waals surface area contributed by atoms with Gasteiger partial charge in [-0.25, -0.2) is 0 Å². The van der Waals surface area contributed by atoms with E-state index in [0.29, 0.717) is 10.6 Å². The molecule has 0 aliphatic heterocycles. The first-order valence-corrected chi connectivity index (χ1v) is 10.9. The van der Waals surface area contributed by atoms with Crippen molar-refractivity contribution in [1.29, 1.82) is 0 Å². The molecule has 2 aromatic carbocycles. The van der Waals surface area contributed by atoms with E-state index in [1.807, 2.05) is 38.1 Å². The van der Waals surface area contributed by atoms with Gasteiger partial charge in [0.25, 0.3) is 0 Å². The summed E-state index contributed by atoms with van der Waals surface area (Å²) in [6, 6.07) is 12.2. The molecule has 0 heterocycles. The molecule has 3 rings (SSSR count). The van der Waals surface area contributed by atoms with Crippen LogP contribution < -0.4 is 5.32 Å². The molecule has 1 aliphatic rings. The molecule has 4 N–H and O–H groups in total. The number of hydrogen-bond donors (Lipinski definition) is 4. The van der Waals surface area contributed by atoms with Crippen LogP contribution in [0.25, 0.3) is 0 Å². The number of anilines is 2. The van der Waals surface area contributed by atoms with Crippen LogP contribution in [0.1, 0.15) is 57.2 Å². The maximum Gasteiger partial charge on any atom is 0.176 e. The average molecular weight is 452 g/mol. The SMILES string of the molecule is CC1=C(\C)C(c2cc(C)c(Cl)c(Nc3ccc(C(C)(C)C)cc3)c2)C#CC(O)/C(O)=C\1O. The first-order valence-electron chi connectivity index (χ1n) is 10.6. The van der Waals surface area contributed by atoms with Gasteiger partial charge in [-0.1, -0.05) is 62.4 Å². The third-order valence-electron chi connectivity index (χ3n) is 5.89. The molecule has 0 fully saturated rings. The maximum atomic E-state index is 10.3. The van der Waals surface area contributed by atoms with Gasteiger partial charge < -0.3 is 20.6 Å². The summed E-state index contributed by atoms with van der Waals surface area (Å²) in [6.45, 7) is 12.0. The fourth-order valence-corrected chi connectivity index (χ4v) is 3.82. The molecule has 0 radical (unpaired) electrons. The molecule has 0 aromatic heterocycles. The lowest BCUT2D eigenvalue weighted by molar-refractivity contribution is 0.183. The topological polar surface area (TPSA) is 72.7 Å². The molecule has 5 heteroatoms. The van der Waals surface area contributed by atoms with Crippen LogP contribution in [0.4, 0.5) is 11.4 Å². The highest BCUT2D eigenvalue weighted by Crippen LogP contribution is 2.37. The molecule has 0 saturated carbocycles. The number of allylic oxidation sites excluding steroid dienone is 2. The van der Waals surface area contributed by atoms with Crippen LogP contribution in [0.3, 0.4) is 0 Å². The number of halogens is 1. The van der Waals surface area contributed by atoms with E-state index in [9.17, 15) is 15.3 Å². The molecule has 2 aromatic rings. The highest BCUT2D eigenvalue weighted by molar-refractivity contribution is 6.34. The zero-order valence-corrected chi connectivity index (χ0v) is 20.1. The second-order valence-corrected chi connectivity index (χ2v) is 9.70. The summed E-state index contributed by atoms with van der Waals surface area (Å²) >= 11 is 6.62. The molecule has 0 amide bonds. The van der Waals surface area contributed by atoms with Gasteiger partial charge in [-0.3, -0.25) is 0 Å². The summed E-state index contributed by atoms with van der Waals surface area (Å²) in [5.41, 5.74) is 6.03. The van der Waals surface area contributed by atoms with Crippen LogP contribution in [0.2, 0.25) is 5.02 Å². The summed E-state index contributed by atoms with van der Waals surface area (Å²) in [7, 11) is 0. The quantitative estimate of drug-likeness (QED) is 0.386. The lowest BCUT2D eigenvalue weighted by Crippen LogP contribution is -2.15. The van der Waals surface area contributed by atoms with Gasteiger partial charge in [0.05, 0.1) is 16.6 Å². The molecule has 4 nitrogen and oxygen atoms in total. The molecule has 0 spiro atoms. The van der Waals surface area contributed by atoms with Crippen molar-refractivity contribution in [2.24, 2.45) is 0 Å². The van der Waals surface area contributed by atoms with Crippen LogP contribution in [-0.4, -0.2) is 21.4 Å². The number of rotatable bonds is 3. The van der Waals surface area contributed by atoms with Gasteiger partial charge in [-0.15, -0.1) is 0 Å². The van der Waals surface area contributed by atoms with Gasteiger partial charge >= 0.3 is 0 Å². The second kappa shape index (κ2) is 8.94. The summed E-state index contributed by atoms with van der Waals surface area (Å²) in [4.78, 5) is 0. The van der Waals surface area contributed by atoms with Gasteiger partial charge in [0.15, 0.2) is 17.6 Å². The van der Waals surface area contributed by atoms with Crippen LogP contribution in [0.15, 0.2) is 59.1 Å². The number of aliphatic hydroxyl groups excluding tert-OH is 3. The number of nitrogens with one attached hydrogen (secondary N) is 1. The van der Waals surface area contributed by atoms with Crippen molar-refractivity contribution in [1.82, 2.24) is 0 Å². The molecule has 32 heavy (non-hydrogen) atoms. The normalized spacial score (nSPS) is 23.8. The third kappa shape index (κ3) is 4.80. The van der Waals surface area contributed by atoms with Crippen molar-refractivity contribution in [2.45, 2.75) is 59.0 Å². The Kier molecular flexibility index (Phi) is 6.64. The van der Waals surface area contributed by atoms with E-state index >= 15 is 0 Å². The third-order valence-corrected chi connectivity index (χ3v) is 6.39. The van der Waals surface area contributed by atoms with E-state index in [-0.39, 0.29) is 17.1 Å². The molecular formula is C27H30ClNO3. The predicted octanol–water partition coefficient (Wildman–Crippen LogP) is 6.82. The zero-order chi connectivity index (χ0) is 23.8. The number of aliphatic hydroxyl groups is 3. The van der Waals surface area contributed by atoms with Crippen molar-refractivity contribution >= 4 is 23.0 Å². The smallest absolute Gasteiger partial charge is 0.176 e. The minimum absolute atomic E-state index is 0.0737. The number of benzene rings is 2. The second-order valence-electron chi connectivity index (χ2n) is 9.32. The lowest BCUT2D eigenvalue weighted by atomic mass is 9.86. The minimum atomic E-state index is -1.44. The van der Waals surface area contributed by atoms with E-state index in [4.69, 9.17) is 11.6 Å². The maximum absolute atomic E-state index is 10.3. The minimum Gasteiger partial charge on any atom is -0.505 e. The molecule has 0 bridgehead atoms. The first-order chi connectivity index (χ1) is 14.9. The average Bonchev–Trinajstić information content (AvgIpc) is 2.74. The van der Waals surface area contributed by atoms with Gasteiger partial charge in [0.2, 0.25) is 0 Å². The van der Waals surface area contributed by atoms with E-state index in [1.54, 1.807) is 6.92 Å². The van der Waals surface area contributed by atoms with E-state index in [1.165, 1.54) is 5.56 Å². The van der Waals surface area contributed by atoms with Gasteiger partial charge in [-0.05, 0) is 72.2 Å². The lowest BCUT2D eigenvalue weighted by Gasteiger charge is -2.22. The Bertz CT molecular complexity index is 1160. The summed E-state index contributed by atoms with van der Waals surface area (Å²) < 4.78 is 0. The zero-order valence-electron chi connectivity index (χ0n) is 19.3. The fraction of sp³-hybridized carbons (Fsp3) is 0.333. The van der Waals surface area contributed by atoms with Crippen molar-refractivity contribution in [3.63, 3.8) is 0 Å². The van der Waals surface area contributed by atoms with Crippen LogP contribution in [0, 0.1) is 18.8 Å². The predicted molar refractivity (Wildman–Crippen MR) is 132 cm³/mol. The summed E-state index contributed by atoms with van der Waals surface area (Å²) in [5.74, 6) is 4.45. The van der Waals surface area contributed by atoms with Crippen molar-refractivity contribution < 1.29 is 15.3 Å². The van der Waals surface area contributed by atoms with E-state index < -0.39 is 11.9 Å². The largest absolute Gasteiger partial charge is 0.505 e. The Balaban J connectivity index is 2.03. The van der Waals surface area contributed by atoms with Crippen molar-refractivity contribution in [3.05, 3.63) is 80.8 Å². The van der Waals surface area contributed by atoms with E-state index in [2.05, 4.69) is 50.1 Å². The molecule has 2 unspecified atom stereocenters. The molecule has 1 aliphatic carbocycles. The number of aryl methyl sites for hydroxylation is 1. The molecule has 168 valence electrons. The molecule has 2 atom stereocenters. The van der Waals surface area contributed by atoms with Crippen LogP contribution in [0.5, 0.6) is 0 Å². The fourth-order valence-electron chi connectivity index (χ4n) is 3.66.